The summed E-state index contributed by atoms with van der Waals surface area (Å²) in [4.78, 5) is 24.6. The van der Waals surface area contributed by atoms with Crippen LogP contribution in [0.2, 0.25) is 0 Å². The van der Waals surface area contributed by atoms with Crippen LogP contribution in [0.1, 0.15) is 194 Å². The molecule has 0 spiro atoms. The Morgan fingerprint density at radius 1 is 0.512 bits per heavy atom. The van der Waals surface area contributed by atoms with Crippen LogP contribution in [0.4, 0.5) is 0 Å². The molecule has 0 aromatic heterocycles. The van der Waals surface area contributed by atoms with Crippen molar-refractivity contribution in [3.63, 3.8) is 0 Å². The van der Waals surface area contributed by atoms with Gasteiger partial charge in [-0.05, 0) is 63.7 Å². The third kappa shape index (κ3) is 29.3. The van der Waals surface area contributed by atoms with E-state index in [1.54, 1.807) is 0 Å². The van der Waals surface area contributed by atoms with Gasteiger partial charge in [-0.25, -0.2) is 0 Å². The first-order valence-corrected chi connectivity index (χ1v) is 19.1. The van der Waals surface area contributed by atoms with E-state index in [9.17, 15) is 9.59 Å². The average Bonchev–Trinajstić information content (AvgIpc) is 2.97. The molecule has 0 saturated carbocycles. The van der Waals surface area contributed by atoms with Gasteiger partial charge in [-0.3, -0.25) is 9.59 Å². The lowest BCUT2D eigenvalue weighted by Crippen LogP contribution is -2.18. The lowest BCUT2D eigenvalue weighted by Gasteiger charge is -2.18. The molecule has 0 heterocycles. The lowest BCUT2D eigenvalue weighted by atomic mass is 9.96. The SMILES string of the molecule is CCCCCCCCCC(CCCCCCCCC(=O)OCC(CCCC)CCCCCC)OC(=O)CCCCBr. The molecule has 0 radical (unpaired) electrons. The molecule has 0 amide bonds. The van der Waals surface area contributed by atoms with Gasteiger partial charge in [-0.1, -0.05) is 139 Å². The van der Waals surface area contributed by atoms with Crippen LogP contribution in [0.15, 0.2) is 0 Å². The molecule has 4 nitrogen and oxygen atoms in total. The van der Waals surface area contributed by atoms with E-state index in [-0.39, 0.29) is 18.0 Å². The second-order valence-corrected chi connectivity index (χ2v) is 13.2. The third-order valence-corrected chi connectivity index (χ3v) is 8.82. The molecule has 0 aliphatic heterocycles. The van der Waals surface area contributed by atoms with E-state index in [1.807, 2.05) is 0 Å². The molecule has 0 rings (SSSR count). The Balaban J connectivity index is 4.08. The summed E-state index contributed by atoms with van der Waals surface area (Å²) in [5.74, 6) is 0.518. The lowest BCUT2D eigenvalue weighted by molar-refractivity contribution is -0.150. The topological polar surface area (TPSA) is 52.6 Å². The molecule has 41 heavy (non-hydrogen) atoms. The Hall–Kier alpha value is -0.580. The van der Waals surface area contributed by atoms with Crippen LogP contribution in [0.25, 0.3) is 0 Å². The van der Waals surface area contributed by atoms with E-state index >= 15 is 0 Å². The summed E-state index contributed by atoms with van der Waals surface area (Å²) in [6.07, 6.45) is 30.8. The first kappa shape index (κ1) is 40.4. The highest BCUT2D eigenvalue weighted by Gasteiger charge is 2.15. The molecule has 0 aromatic rings. The predicted molar refractivity (Wildman–Crippen MR) is 180 cm³/mol. The Morgan fingerprint density at radius 3 is 1.54 bits per heavy atom. The Labute approximate surface area is 264 Å². The summed E-state index contributed by atoms with van der Waals surface area (Å²) >= 11 is 3.44. The second kappa shape index (κ2) is 32.3. The minimum absolute atomic E-state index is 0.00814. The summed E-state index contributed by atoms with van der Waals surface area (Å²) < 4.78 is 11.6. The normalized spacial score (nSPS) is 12.8. The first-order chi connectivity index (χ1) is 20.1. The molecular formula is C36H69BrO4. The van der Waals surface area contributed by atoms with Crippen molar-refractivity contribution in [1.82, 2.24) is 0 Å². The zero-order chi connectivity index (χ0) is 30.2. The van der Waals surface area contributed by atoms with Crippen molar-refractivity contribution in [3.8, 4) is 0 Å². The van der Waals surface area contributed by atoms with Gasteiger partial charge >= 0.3 is 11.9 Å². The van der Waals surface area contributed by atoms with Crippen LogP contribution in [-0.2, 0) is 19.1 Å². The minimum Gasteiger partial charge on any atom is -0.465 e. The molecule has 244 valence electrons. The molecule has 2 unspecified atom stereocenters. The van der Waals surface area contributed by atoms with Crippen LogP contribution >= 0.6 is 15.9 Å². The number of esters is 2. The van der Waals surface area contributed by atoms with Crippen LogP contribution in [0, 0.1) is 5.92 Å². The van der Waals surface area contributed by atoms with Crippen molar-refractivity contribution in [3.05, 3.63) is 0 Å². The van der Waals surface area contributed by atoms with E-state index in [4.69, 9.17) is 9.47 Å². The number of carbonyl (C=O) groups is 2. The van der Waals surface area contributed by atoms with Crippen molar-refractivity contribution in [2.45, 2.75) is 200 Å². The largest absolute Gasteiger partial charge is 0.465 e. The zero-order valence-electron chi connectivity index (χ0n) is 27.7. The number of rotatable bonds is 32. The number of hydrogen-bond donors (Lipinski definition) is 0. The fourth-order valence-electron chi connectivity index (χ4n) is 5.49. The van der Waals surface area contributed by atoms with Gasteiger partial charge in [0.15, 0.2) is 0 Å². The zero-order valence-corrected chi connectivity index (χ0v) is 29.3. The minimum atomic E-state index is -0.0149. The number of carbonyl (C=O) groups excluding carboxylic acids is 2. The van der Waals surface area contributed by atoms with Crippen molar-refractivity contribution in [2.75, 3.05) is 11.9 Å². The Morgan fingerprint density at radius 2 is 0.951 bits per heavy atom. The molecule has 0 N–H and O–H groups in total. The number of unbranched alkanes of at least 4 members (excludes halogenated alkanes) is 16. The molecule has 0 fully saturated rings. The summed E-state index contributed by atoms with van der Waals surface area (Å²) in [5, 5.41) is 0.946. The average molecular weight is 646 g/mol. The number of ether oxygens (including phenoxy) is 2. The van der Waals surface area contributed by atoms with Crippen molar-refractivity contribution >= 4 is 27.9 Å². The summed E-state index contributed by atoms with van der Waals surface area (Å²) in [7, 11) is 0. The molecular weight excluding hydrogens is 576 g/mol. The van der Waals surface area contributed by atoms with E-state index < -0.39 is 0 Å². The molecule has 5 heteroatoms. The maximum absolute atomic E-state index is 12.3. The van der Waals surface area contributed by atoms with Crippen molar-refractivity contribution in [2.24, 2.45) is 5.92 Å². The molecule has 0 saturated heterocycles. The van der Waals surface area contributed by atoms with E-state index in [0.717, 1.165) is 50.3 Å². The fraction of sp³-hybridized carbons (Fsp3) is 0.944. The number of halogens is 1. The molecule has 0 aromatic carbocycles. The predicted octanol–water partition coefficient (Wildman–Crippen LogP) is 12.0. The van der Waals surface area contributed by atoms with Gasteiger partial charge in [0, 0.05) is 18.2 Å². The molecule has 0 aliphatic carbocycles. The van der Waals surface area contributed by atoms with Gasteiger partial charge in [0.1, 0.15) is 6.10 Å². The van der Waals surface area contributed by atoms with Gasteiger partial charge in [0.25, 0.3) is 0 Å². The standard InChI is InChI=1S/C36H69BrO4/c1-4-7-10-12-13-16-20-27-34(41-36(39)30-23-24-31-37)28-21-17-14-15-18-22-29-35(38)40-32-33(25-9-6-3)26-19-11-8-5-2/h33-34H,4-32H2,1-3H3. The highest BCUT2D eigenvalue weighted by molar-refractivity contribution is 9.09. The van der Waals surface area contributed by atoms with Crippen molar-refractivity contribution < 1.29 is 19.1 Å². The van der Waals surface area contributed by atoms with Gasteiger partial charge in [-0.15, -0.1) is 0 Å². The highest BCUT2D eigenvalue weighted by atomic mass is 79.9. The second-order valence-electron chi connectivity index (χ2n) is 12.4. The van der Waals surface area contributed by atoms with Crippen molar-refractivity contribution in [1.29, 1.82) is 0 Å². The van der Waals surface area contributed by atoms with E-state index in [2.05, 4.69) is 36.7 Å². The molecule has 0 aliphatic rings. The number of hydrogen-bond acceptors (Lipinski definition) is 4. The highest BCUT2D eigenvalue weighted by Crippen LogP contribution is 2.20. The quantitative estimate of drug-likeness (QED) is 0.0415. The van der Waals surface area contributed by atoms with E-state index in [1.165, 1.54) is 116 Å². The summed E-state index contributed by atoms with van der Waals surface area (Å²) in [5.41, 5.74) is 0. The maximum Gasteiger partial charge on any atom is 0.306 e. The summed E-state index contributed by atoms with van der Waals surface area (Å²) in [6, 6.07) is 0. The van der Waals surface area contributed by atoms with Crippen LogP contribution < -0.4 is 0 Å². The summed E-state index contributed by atoms with van der Waals surface area (Å²) in [6.45, 7) is 7.36. The van der Waals surface area contributed by atoms with Crippen LogP contribution in [-0.4, -0.2) is 30.0 Å². The van der Waals surface area contributed by atoms with Gasteiger partial charge in [0.2, 0.25) is 0 Å². The van der Waals surface area contributed by atoms with Crippen LogP contribution in [0.3, 0.4) is 0 Å². The van der Waals surface area contributed by atoms with E-state index in [0.29, 0.717) is 25.4 Å². The number of alkyl halides is 1. The van der Waals surface area contributed by atoms with Crippen LogP contribution in [0.5, 0.6) is 0 Å². The Kier molecular flexibility index (Phi) is 31.9. The van der Waals surface area contributed by atoms with Gasteiger partial charge in [0.05, 0.1) is 6.61 Å². The molecule has 2 atom stereocenters. The fourth-order valence-corrected chi connectivity index (χ4v) is 5.89. The van der Waals surface area contributed by atoms with Gasteiger partial charge in [-0.2, -0.15) is 0 Å². The first-order valence-electron chi connectivity index (χ1n) is 18.0. The monoisotopic (exact) mass is 644 g/mol. The maximum atomic E-state index is 12.3. The molecule has 0 bridgehead atoms. The smallest absolute Gasteiger partial charge is 0.306 e. The third-order valence-electron chi connectivity index (χ3n) is 8.26. The van der Waals surface area contributed by atoms with Gasteiger partial charge < -0.3 is 9.47 Å². The Bertz CT molecular complexity index is 568.